The second-order valence-corrected chi connectivity index (χ2v) is 11.3. The van der Waals surface area contributed by atoms with Gasteiger partial charge in [0.05, 0.1) is 29.0 Å². The van der Waals surface area contributed by atoms with Crippen molar-refractivity contribution < 1.29 is 19.0 Å². The third-order valence-corrected chi connectivity index (χ3v) is 8.45. The van der Waals surface area contributed by atoms with Gasteiger partial charge in [0.2, 0.25) is 0 Å². The maximum atomic E-state index is 14.0. The number of carbonyl (C=O) groups excluding carboxylic acids is 1. The van der Waals surface area contributed by atoms with Crippen LogP contribution in [0.15, 0.2) is 111 Å². The number of aromatic nitrogens is 1. The number of methoxy groups -OCH3 is 1. The van der Waals surface area contributed by atoms with E-state index in [1.807, 2.05) is 73.0 Å². The lowest BCUT2D eigenvalue weighted by Gasteiger charge is -2.25. The Morgan fingerprint density at radius 3 is 2.55 bits per heavy atom. The van der Waals surface area contributed by atoms with Gasteiger partial charge in [-0.15, -0.1) is 11.8 Å². The number of carbonyl (C=O) groups is 1. The number of esters is 1. The van der Waals surface area contributed by atoms with Crippen molar-refractivity contribution in [2.45, 2.75) is 24.5 Å². The fraction of sp³-hybridized carbons (Fsp3) is 0.182. The molecule has 3 aromatic carbocycles. The Morgan fingerprint density at radius 2 is 1.86 bits per heavy atom. The van der Waals surface area contributed by atoms with E-state index in [1.165, 1.54) is 11.3 Å². The lowest BCUT2D eigenvalue weighted by atomic mass is 9.96. The molecule has 0 bridgehead atoms. The molecule has 1 aromatic heterocycles. The van der Waals surface area contributed by atoms with Crippen LogP contribution >= 0.6 is 23.1 Å². The average Bonchev–Trinajstić information content (AvgIpc) is 3.32. The van der Waals surface area contributed by atoms with Gasteiger partial charge in [-0.1, -0.05) is 72.5 Å². The largest absolute Gasteiger partial charge is 0.493 e. The third-order valence-electron chi connectivity index (χ3n) is 6.73. The van der Waals surface area contributed by atoms with E-state index >= 15 is 0 Å². The van der Waals surface area contributed by atoms with Gasteiger partial charge in [-0.05, 0) is 60.2 Å². The van der Waals surface area contributed by atoms with E-state index in [4.69, 9.17) is 19.2 Å². The summed E-state index contributed by atoms with van der Waals surface area (Å²) >= 11 is 2.90. The number of rotatable bonds is 10. The molecule has 4 aromatic rings. The monoisotopic (exact) mass is 598 g/mol. The van der Waals surface area contributed by atoms with Crippen LogP contribution in [-0.4, -0.2) is 30.5 Å². The van der Waals surface area contributed by atoms with Gasteiger partial charge in [0.1, 0.15) is 13.2 Å². The number of ether oxygens (including phenoxy) is 3. The molecule has 5 rings (SSSR count). The van der Waals surface area contributed by atoms with Gasteiger partial charge >= 0.3 is 5.97 Å². The highest BCUT2D eigenvalue weighted by Gasteiger charge is 2.33. The van der Waals surface area contributed by atoms with Crippen LogP contribution in [0, 0.1) is 0 Å². The van der Waals surface area contributed by atoms with Gasteiger partial charge in [0, 0.05) is 4.90 Å². The standard InChI is InChI=1S/C33H30N2O5S2/c1-5-17-39-26-16-11-23(18-27(26)38-3)19-28-31(36)35-30(24-12-14-25(41-4)15-13-24)29(21(2)34-33(35)42-28)32(37)40-20-22-9-7-6-8-10-22/h5-16,18-19,30H,1,17,20H2,2-4H3. The van der Waals surface area contributed by atoms with E-state index in [2.05, 4.69) is 6.58 Å². The van der Waals surface area contributed by atoms with Gasteiger partial charge in [0.25, 0.3) is 5.56 Å². The average molecular weight is 599 g/mol. The minimum Gasteiger partial charge on any atom is -0.493 e. The van der Waals surface area contributed by atoms with Crippen LogP contribution in [0.4, 0.5) is 0 Å². The normalized spacial score (nSPS) is 14.6. The van der Waals surface area contributed by atoms with Crippen LogP contribution in [0.2, 0.25) is 0 Å². The van der Waals surface area contributed by atoms with E-state index in [0.29, 0.717) is 38.7 Å². The lowest BCUT2D eigenvalue weighted by Crippen LogP contribution is -2.39. The Hall–Kier alpha value is -4.34. The summed E-state index contributed by atoms with van der Waals surface area (Å²) in [6.45, 7) is 5.93. The summed E-state index contributed by atoms with van der Waals surface area (Å²) in [6, 6.07) is 22.1. The Kier molecular flexibility index (Phi) is 9.09. The molecule has 7 nitrogen and oxygen atoms in total. The van der Waals surface area contributed by atoms with Crippen LogP contribution in [0.1, 0.15) is 29.7 Å². The molecule has 1 atom stereocenters. The molecule has 0 saturated heterocycles. The molecule has 2 heterocycles. The first-order valence-corrected chi connectivity index (χ1v) is 15.3. The van der Waals surface area contributed by atoms with Crippen molar-refractivity contribution in [2.75, 3.05) is 20.0 Å². The van der Waals surface area contributed by atoms with Gasteiger partial charge < -0.3 is 14.2 Å². The molecule has 9 heteroatoms. The van der Waals surface area contributed by atoms with Crippen molar-refractivity contribution in [1.29, 1.82) is 0 Å². The molecule has 0 N–H and O–H groups in total. The van der Waals surface area contributed by atoms with Gasteiger partial charge in [-0.25, -0.2) is 9.79 Å². The predicted octanol–water partition coefficient (Wildman–Crippen LogP) is 5.27. The van der Waals surface area contributed by atoms with E-state index < -0.39 is 12.0 Å². The first-order chi connectivity index (χ1) is 20.4. The number of nitrogens with zero attached hydrogens (tertiary/aromatic N) is 2. The Labute approximate surface area is 252 Å². The lowest BCUT2D eigenvalue weighted by molar-refractivity contribution is -0.140. The van der Waals surface area contributed by atoms with Crippen molar-refractivity contribution >= 4 is 35.1 Å². The SMILES string of the molecule is C=CCOc1ccc(C=c2sc3n(c2=O)C(c2ccc(SC)cc2)C(C(=O)OCc2ccccc2)=C(C)N=3)cc1OC. The van der Waals surface area contributed by atoms with Crippen LogP contribution in [-0.2, 0) is 16.1 Å². The Balaban J connectivity index is 1.58. The summed E-state index contributed by atoms with van der Waals surface area (Å²) in [5.74, 6) is 0.622. The first kappa shape index (κ1) is 29.2. The summed E-state index contributed by atoms with van der Waals surface area (Å²) in [5, 5.41) is 0. The molecule has 0 spiro atoms. The van der Waals surface area contributed by atoms with E-state index in [-0.39, 0.29) is 12.2 Å². The van der Waals surface area contributed by atoms with Crippen LogP contribution in [0.25, 0.3) is 6.08 Å². The number of thioether (sulfide) groups is 1. The summed E-state index contributed by atoms with van der Waals surface area (Å²) in [7, 11) is 1.57. The second-order valence-electron chi connectivity index (χ2n) is 9.43. The molecule has 42 heavy (non-hydrogen) atoms. The van der Waals surface area contributed by atoms with Crippen molar-refractivity contribution in [1.82, 2.24) is 4.57 Å². The van der Waals surface area contributed by atoms with Crippen LogP contribution in [0.5, 0.6) is 11.5 Å². The van der Waals surface area contributed by atoms with E-state index in [0.717, 1.165) is 21.6 Å². The van der Waals surface area contributed by atoms with Crippen LogP contribution in [0.3, 0.4) is 0 Å². The Bertz CT molecular complexity index is 1820. The van der Waals surface area contributed by atoms with E-state index in [9.17, 15) is 9.59 Å². The molecule has 0 amide bonds. The summed E-state index contributed by atoms with van der Waals surface area (Å²) in [4.78, 5) is 33.9. The molecule has 214 valence electrons. The quantitative estimate of drug-likeness (QED) is 0.141. The zero-order valence-corrected chi connectivity index (χ0v) is 25.2. The minimum atomic E-state index is -0.688. The van der Waals surface area contributed by atoms with Gasteiger partial charge in [-0.2, -0.15) is 0 Å². The fourth-order valence-corrected chi connectivity index (χ4v) is 6.13. The van der Waals surface area contributed by atoms with Gasteiger partial charge in [-0.3, -0.25) is 9.36 Å². The molecule has 1 aliphatic heterocycles. The summed E-state index contributed by atoms with van der Waals surface area (Å²) in [5.41, 5.74) is 3.05. The Morgan fingerprint density at radius 1 is 1.10 bits per heavy atom. The highest BCUT2D eigenvalue weighted by atomic mass is 32.2. The molecular formula is C33H30N2O5S2. The highest BCUT2D eigenvalue weighted by Crippen LogP contribution is 2.32. The number of fused-ring (bicyclic) bond motifs is 1. The first-order valence-electron chi connectivity index (χ1n) is 13.2. The third kappa shape index (κ3) is 6.12. The maximum absolute atomic E-state index is 14.0. The number of hydrogen-bond acceptors (Lipinski definition) is 8. The number of thiazole rings is 1. The fourth-order valence-electron chi connectivity index (χ4n) is 4.68. The predicted molar refractivity (Wildman–Crippen MR) is 167 cm³/mol. The number of allylic oxidation sites excluding steroid dienone is 1. The maximum Gasteiger partial charge on any atom is 0.338 e. The van der Waals surface area contributed by atoms with E-state index in [1.54, 1.807) is 48.6 Å². The number of benzene rings is 3. The summed E-state index contributed by atoms with van der Waals surface area (Å²) in [6.07, 6.45) is 5.46. The van der Waals surface area contributed by atoms with Crippen molar-refractivity contribution in [3.8, 4) is 11.5 Å². The highest BCUT2D eigenvalue weighted by molar-refractivity contribution is 7.98. The van der Waals surface area contributed by atoms with Crippen molar-refractivity contribution in [2.24, 2.45) is 4.99 Å². The molecule has 1 unspecified atom stereocenters. The molecule has 0 radical (unpaired) electrons. The molecule has 0 fully saturated rings. The van der Waals surface area contributed by atoms with Crippen LogP contribution < -0.4 is 24.4 Å². The molecule has 0 aliphatic carbocycles. The minimum absolute atomic E-state index is 0.118. The van der Waals surface area contributed by atoms with Gasteiger partial charge in [0.15, 0.2) is 16.3 Å². The molecular weight excluding hydrogens is 569 g/mol. The molecule has 1 aliphatic rings. The molecule has 0 saturated carbocycles. The summed E-state index contributed by atoms with van der Waals surface area (Å²) < 4.78 is 19.0. The topological polar surface area (TPSA) is 79.1 Å². The van der Waals surface area contributed by atoms with Crippen molar-refractivity contribution in [3.05, 3.63) is 133 Å². The zero-order chi connectivity index (χ0) is 29.6. The zero-order valence-electron chi connectivity index (χ0n) is 23.5. The smallest absolute Gasteiger partial charge is 0.338 e. The second kappa shape index (κ2) is 13.1. The number of hydrogen-bond donors (Lipinski definition) is 0. The van der Waals surface area contributed by atoms with Crippen molar-refractivity contribution in [3.63, 3.8) is 0 Å².